The van der Waals surface area contributed by atoms with Crippen molar-refractivity contribution in [1.82, 2.24) is 4.90 Å². The number of carbonyl (C=O) groups is 2. The molecule has 2 amide bonds. The van der Waals surface area contributed by atoms with Gasteiger partial charge in [0.25, 0.3) is 0 Å². The summed E-state index contributed by atoms with van der Waals surface area (Å²) in [5, 5.41) is 0. The first-order chi connectivity index (χ1) is 9.03. The number of piperidine rings is 1. The topological polar surface area (TPSA) is 37.4 Å². The van der Waals surface area contributed by atoms with Crippen molar-refractivity contribution in [3.8, 4) is 0 Å². The van der Waals surface area contributed by atoms with Gasteiger partial charge in [0.15, 0.2) is 0 Å². The second-order valence-electron chi connectivity index (χ2n) is 5.77. The van der Waals surface area contributed by atoms with Crippen molar-refractivity contribution in [2.24, 2.45) is 17.3 Å². The number of thioether (sulfide) groups is 1. The second kappa shape index (κ2) is 4.37. The molecule has 3 nitrogen and oxygen atoms in total. The Labute approximate surface area is 117 Å². The molecule has 0 N–H and O–H groups in total. The lowest BCUT2D eigenvalue weighted by molar-refractivity contribution is -0.142. The third-order valence-electron chi connectivity index (χ3n) is 4.22. The van der Waals surface area contributed by atoms with Crippen LogP contribution < -0.4 is 0 Å². The van der Waals surface area contributed by atoms with Crippen LogP contribution in [0, 0.1) is 17.3 Å². The smallest absolute Gasteiger partial charge is 0.233 e. The lowest BCUT2D eigenvalue weighted by Crippen LogP contribution is -2.37. The van der Waals surface area contributed by atoms with E-state index in [9.17, 15) is 9.59 Å². The molecule has 0 aromatic heterocycles. The number of hydrogen-bond donors (Lipinski definition) is 0. The van der Waals surface area contributed by atoms with Gasteiger partial charge in [-0.1, -0.05) is 32.0 Å². The van der Waals surface area contributed by atoms with Gasteiger partial charge in [0.05, 0.1) is 11.8 Å². The number of imide groups is 1. The summed E-state index contributed by atoms with van der Waals surface area (Å²) in [6, 6.07) is 10.0. The number of likely N-dealkylation sites (tertiary alicyclic amines) is 1. The number of rotatable bonds is 4. The molecule has 19 heavy (non-hydrogen) atoms. The highest BCUT2D eigenvalue weighted by Gasteiger charge is 2.72. The van der Waals surface area contributed by atoms with E-state index in [4.69, 9.17) is 0 Å². The fourth-order valence-electron chi connectivity index (χ4n) is 3.00. The number of benzene rings is 1. The Morgan fingerprint density at radius 3 is 2.26 bits per heavy atom. The van der Waals surface area contributed by atoms with Crippen LogP contribution in [0.2, 0.25) is 0 Å². The molecular formula is C15H17NO2S. The molecule has 1 saturated heterocycles. The van der Waals surface area contributed by atoms with Crippen molar-refractivity contribution >= 4 is 23.6 Å². The number of hydrogen-bond acceptors (Lipinski definition) is 3. The maximum atomic E-state index is 12.1. The molecule has 1 aliphatic carbocycles. The van der Waals surface area contributed by atoms with E-state index in [0.717, 1.165) is 5.75 Å². The van der Waals surface area contributed by atoms with E-state index in [1.165, 1.54) is 9.80 Å². The van der Waals surface area contributed by atoms with E-state index in [1.54, 1.807) is 11.8 Å². The third kappa shape index (κ3) is 1.98. The van der Waals surface area contributed by atoms with E-state index in [2.05, 4.69) is 0 Å². The van der Waals surface area contributed by atoms with Crippen LogP contribution in [0.25, 0.3) is 0 Å². The Bertz CT molecular complexity index is 502. The molecule has 2 unspecified atom stereocenters. The van der Waals surface area contributed by atoms with E-state index in [1.807, 2.05) is 44.2 Å². The monoisotopic (exact) mass is 275 g/mol. The Hall–Kier alpha value is -1.29. The van der Waals surface area contributed by atoms with Crippen molar-refractivity contribution in [3.63, 3.8) is 0 Å². The highest BCUT2D eigenvalue weighted by Crippen LogP contribution is 2.63. The molecule has 0 bridgehead atoms. The summed E-state index contributed by atoms with van der Waals surface area (Å²) >= 11 is 1.68. The number of amides is 2. The SMILES string of the molecule is CC1(C)C2C(=O)N(CCSc3ccccc3)C(=O)C21. The average molecular weight is 275 g/mol. The molecular weight excluding hydrogens is 258 g/mol. The maximum absolute atomic E-state index is 12.1. The molecule has 100 valence electrons. The minimum atomic E-state index is -0.1000. The molecule has 1 aromatic carbocycles. The van der Waals surface area contributed by atoms with Gasteiger partial charge >= 0.3 is 0 Å². The summed E-state index contributed by atoms with van der Waals surface area (Å²) < 4.78 is 0. The fraction of sp³-hybridized carbons (Fsp3) is 0.467. The Morgan fingerprint density at radius 2 is 1.68 bits per heavy atom. The summed E-state index contributed by atoms with van der Waals surface area (Å²) in [7, 11) is 0. The molecule has 0 radical (unpaired) electrons. The first kappa shape index (κ1) is 12.7. The lowest BCUT2D eigenvalue weighted by atomic mass is 10.1. The van der Waals surface area contributed by atoms with Crippen molar-refractivity contribution in [2.75, 3.05) is 12.3 Å². The molecule has 1 saturated carbocycles. The average Bonchev–Trinajstić information content (AvgIpc) is 2.86. The largest absolute Gasteiger partial charge is 0.281 e. The standard InChI is InChI=1S/C15H17NO2S/c1-15(2)11-12(15)14(18)16(13(11)17)8-9-19-10-6-4-3-5-7-10/h3-7,11-12H,8-9H2,1-2H3. The molecule has 1 heterocycles. The van der Waals surface area contributed by atoms with Gasteiger partial charge < -0.3 is 0 Å². The molecule has 2 atom stereocenters. The van der Waals surface area contributed by atoms with E-state index in [-0.39, 0.29) is 29.1 Å². The van der Waals surface area contributed by atoms with Gasteiger partial charge in [-0.2, -0.15) is 0 Å². The highest BCUT2D eigenvalue weighted by atomic mass is 32.2. The van der Waals surface area contributed by atoms with Crippen LogP contribution in [0.4, 0.5) is 0 Å². The van der Waals surface area contributed by atoms with Gasteiger partial charge in [-0.15, -0.1) is 11.8 Å². The van der Waals surface area contributed by atoms with Crippen molar-refractivity contribution in [3.05, 3.63) is 30.3 Å². The summed E-state index contributed by atoms with van der Waals surface area (Å²) in [6.07, 6.45) is 0. The number of nitrogens with zero attached hydrogens (tertiary/aromatic N) is 1. The van der Waals surface area contributed by atoms with E-state index < -0.39 is 0 Å². The predicted octanol–water partition coefficient (Wildman–Crippen LogP) is 2.42. The molecule has 4 heteroatoms. The van der Waals surface area contributed by atoms with Crippen LogP contribution >= 0.6 is 11.8 Å². The molecule has 1 aliphatic heterocycles. The molecule has 2 aliphatic rings. The summed E-state index contributed by atoms with van der Waals surface area (Å²) in [6.45, 7) is 4.54. The van der Waals surface area contributed by atoms with Gasteiger partial charge in [0, 0.05) is 17.2 Å². The predicted molar refractivity (Wildman–Crippen MR) is 74.6 cm³/mol. The fourth-order valence-corrected chi connectivity index (χ4v) is 3.85. The number of carbonyl (C=O) groups excluding carboxylic acids is 2. The van der Waals surface area contributed by atoms with Crippen LogP contribution in [-0.2, 0) is 9.59 Å². The molecule has 2 fully saturated rings. The summed E-state index contributed by atoms with van der Waals surface area (Å²) in [5.74, 6) is 0.729. The van der Waals surface area contributed by atoms with Crippen molar-refractivity contribution < 1.29 is 9.59 Å². The zero-order valence-corrected chi connectivity index (χ0v) is 11.9. The maximum Gasteiger partial charge on any atom is 0.233 e. The Balaban J connectivity index is 1.55. The minimum Gasteiger partial charge on any atom is -0.281 e. The summed E-state index contributed by atoms with van der Waals surface area (Å²) in [5.41, 5.74) is -0.1000. The highest BCUT2D eigenvalue weighted by molar-refractivity contribution is 7.99. The quantitative estimate of drug-likeness (QED) is 0.625. The van der Waals surface area contributed by atoms with Crippen LogP contribution in [-0.4, -0.2) is 29.0 Å². The van der Waals surface area contributed by atoms with Crippen molar-refractivity contribution in [1.29, 1.82) is 0 Å². The second-order valence-corrected chi connectivity index (χ2v) is 6.93. The van der Waals surface area contributed by atoms with E-state index >= 15 is 0 Å². The zero-order valence-electron chi connectivity index (χ0n) is 11.1. The molecule has 3 rings (SSSR count). The van der Waals surface area contributed by atoms with Crippen LogP contribution in [0.15, 0.2) is 35.2 Å². The number of fused-ring (bicyclic) bond motifs is 1. The van der Waals surface area contributed by atoms with Gasteiger partial charge in [0.1, 0.15) is 0 Å². The van der Waals surface area contributed by atoms with Gasteiger partial charge in [0.2, 0.25) is 11.8 Å². The van der Waals surface area contributed by atoms with Crippen LogP contribution in [0.3, 0.4) is 0 Å². The van der Waals surface area contributed by atoms with Gasteiger partial charge in [-0.05, 0) is 17.5 Å². The lowest BCUT2D eigenvalue weighted by Gasteiger charge is -2.20. The normalized spacial score (nSPS) is 27.6. The zero-order chi connectivity index (χ0) is 13.6. The molecule has 1 aromatic rings. The summed E-state index contributed by atoms with van der Waals surface area (Å²) in [4.78, 5) is 26.9. The van der Waals surface area contributed by atoms with Gasteiger partial charge in [-0.25, -0.2) is 0 Å². The minimum absolute atomic E-state index is 0.0358. The van der Waals surface area contributed by atoms with E-state index in [0.29, 0.717) is 6.54 Å². The Morgan fingerprint density at radius 1 is 1.11 bits per heavy atom. The van der Waals surface area contributed by atoms with Gasteiger partial charge in [-0.3, -0.25) is 14.5 Å². The first-order valence-electron chi connectivity index (χ1n) is 6.56. The third-order valence-corrected chi connectivity index (χ3v) is 5.21. The Kier molecular flexibility index (Phi) is 2.93. The van der Waals surface area contributed by atoms with Crippen LogP contribution in [0.5, 0.6) is 0 Å². The first-order valence-corrected chi connectivity index (χ1v) is 7.55. The molecule has 0 spiro atoms. The van der Waals surface area contributed by atoms with Crippen LogP contribution in [0.1, 0.15) is 13.8 Å². The van der Waals surface area contributed by atoms with Crippen molar-refractivity contribution in [2.45, 2.75) is 18.7 Å².